The Balaban J connectivity index is 2.23. The van der Waals surface area contributed by atoms with E-state index in [2.05, 4.69) is 4.98 Å². The summed E-state index contributed by atoms with van der Waals surface area (Å²) in [6.45, 7) is 3.50. The lowest BCUT2D eigenvalue weighted by molar-refractivity contribution is 0.0475. The Morgan fingerprint density at radius 1 is 1.29 bits per heavy atom. The van der Waals surface area contributed by atoms with Gasteiger partial charge in [-0.05, 0) is 19.1 Å². The van der Waals surface area contributed by atoms with Crippen LogP contribution in [-0.2, 0) is 9.47 Å². The monoisotopic (exact) mass is 290 g/mol. The molecule has 0 bridgehead atoms. The summed E-state index contributed by atoms with van der Waals surface area (Å²) in [5, 5.41) is 1.03. The standard InChI is InChI=1S/C16H22N2O3/c1-12(11-21-3)18(8-9-20-2)16(19)15-10-13-6-4-5-7-14(13)17-15/h4-7,10,12,17H,8-9,11H2,1-3H3. The van der Waals surface area contributed by atoms with Crippen LogP contribution in [0.4, 0.5) is 0 Å². The van der Waals surface area contributed by atoms with E-state index < -0.39 is 0 Å². The summed E-state index contributed by atoms with van der Waals surface area (Å²) in [4.78, 5) is 17.7. The number of para-hydroxylation sites is 1. The Hall–Kier alpha value is -1.85. The lowest BCUT2D eigenvalue weighted by atomic mass is 10.2. The van der Waals surface area contributed by atoms with E-state index in [9.17, 15) is 4.79 Å². The summed E-state index contributed by atoms with van der Waals surface area (Å²) in [6.07, 6.45) is 0. The minimum atomic E-state index is -0.0344. The van der Waals surface area contributed by atoms with Crippen molar-refractivity contribution in [3.05, 3.63) is 36.0 Å². The van der Waals surface area contributed by atoms with Crippen molar-refractivity contribution in [1.82, 2.24) is 9.88 Å². The fourth-order valence-electron chi connectivity index (χ4n) is 2.39. The van der Waals surface area contributed by atoms with Crippen LogP contribution in [0.5, 0.6) is 0 Å². The number of nitrogens with one attached hydrogen (secondary N) is 1. The largest absolute Gasteiger partial charge is 0.383 e. The Labute approximate surface area is 124 Å². The number of carbonyl (C=O) groups excluding carboxylic acids is 1. The molecule has 0 radical (unpaired) electrons. The molecule has 0 saturated heterocycles. The van der Waals surface area contributed by atoms with Gasteiger partial charge < -0.3 is 19.4 Å². The third kappa shape index (κ3) is 3.62. The zero-order valence-electron chi connectivity index (χ0n) is 12.8. The van der Waals surface area contributed by atoms with Crippen LogP contribution in [0.2, 0.25) is 0 Å². The van der Waals surface area contributed by atoms with Crippen molar-refractivity contribution < 1.29 is 14.3 Å². The van der Waals surface area contributed by atoms with Crippen LogP contribution in [-0.4, -0.2) is 55.8 Å². The number of nitrogens with zero attached hydrogens (tertiary/aromatic N) is 1. The summed E-state index contributed by atoms with van der Waals surface area (Å²) < 4.78 is 10.3. The number of carbonyl (C=O) groups is 1. The van der Waals surface area contributed by atoms with Gasteiger partial charge in [0.25, 0.3) is 5.91 Å². The lowest BCUT2D eigenvalue weighted by Gasteiger charge is -2.28. The van der Waals surface area contributed by atoms with Gasteiger partial charge in [0.1, 0.15) is 5.69 Å². The highest BCUT2D eigenvalue weighted by Gasteiger charge is 2.22. The van der Waals surface area contributed by atoms with E-state index >= 15 is 0 Å². The Kier molecular flexibility index (Phi) is 5.36. The summed E-state index contributed by atoms with van der Waals surface area (Å²) in [7, 11) is 3.27. The van der Waals surface area contributed by atoms with E-state index in [1.807, 2.05) is 37.3 Å². The molecule has 1 heterocycles. The van der Waals surface area contributed by atoms with Crippen LogP contribution in [0.25, 0.3) is 10.9 Å². The van der Waals surface area contributed by atoms with Crippen LogP contribution >= 0.6 is 0 Å². The molecule has 21 heavy (non-hydrogen) atoms. The molecular formula is C16H22N2O3. The molecule has 2 aromatic rings. The number of hydrogen-bond donors (Lipinski definition) is 1. The Morgan fingerprint density at radius 3 is 2.71 bits per heavy atom. The van der Waals surface area contributed by atoms with E-state index in [-0.39, 0.29) is 11.9 Å². The highest BCUT2D eigenvalue weighted by atomic mass is 16.5. The lowest BCUT2D eigenvalue weighted by Crippen LogP contribution is -2.43. The van der Waals surface area contributed by atoms with Crippen LogP contribution in [0, 0.1) is 0 Å². The molecular weight excluding hydrogens is 268 g/mol. The van der Waals surface area contributed by atoms with Crippen molar-refractivity contribution in [3.8, 4) is 0 Å². The van der Waals surface area contributed by atoms with Crippen LogP contribution < -0.4 is 0 Å². The average molecular weight is 290 g/mol. The molecule has 1 aromatic heterocycles. The van der Waals surface area contributed by atoms with Crippen molar-refractivity contribution in [2.75, 3.05) is 34.0 Å². The van der Waals surface area contributed by atoms with Crippen molar-refractivity contribution >= 4 is 16.8 Å². The molecule has 0 saturated carbocycles. The summed E-state index contributed by atoms with van der Waals surface area (Å²) in [6, 6.07) is 9.73. The summed E-state index contributed by atoms with van der Waals surface area (Å²) in [5.74, 6) is -0.0344. The molecule has 0 aliphatic heterocycles. The van der Waals surface area contributed by atoms with E-state index in [1.165, 1.54) is 0 Å². The number of rotatable bonds is 7. The normalized spacial score (nSPS) is 12.5. The van der Waals surface area contributed by atoms with Gasteiger partial charge in [0.05, 0.1) is 19.3 Å². The molecule has 1 unspecified atom stereocenters. The SMILES string of the molecule is COCCN(C(=O)c1cc2ccccc2[nH]1)C(C)COC. The fraction of sp³-hybridized carbons (Fsp3) is 0.438. The van der Waals surface area contributed by atoms with Gasteiger partial charge in [-0.1, -0.05) is 18.2 Å². The molecule has 1 N–H and O–H groups in total. The molecule has 114 valence electrons. The first kappa shape index (κ1) is 15.5. The van der Waals surface area contributed by atoms with Crippen LogP contribution in [0.15, 0.2) is 30.3 Å². The highest BCUT2D eigenvalue weighted by Crippen LogP contribution is 2.17. The molecule has 5 heteroatoms. The molecule has 0 aliphatic carbocycles. The van der Waals surface area contributed by atoms with Crippen molar-refractivity contribution in [1.29, 1.82) is 0 Å². The number of amides is 1. The molecule has 2 rings (SSSR count). The predicted octanol–water partition coefficient (Wildman–Crippen LogP) is 2.29. The third-order valence-electron chi connectivity index (χ3n) is 3.50. The molecule has 5 nitrogen and oxygen atoms in total. The van der Waals surface area contributed by atoms with E-state index in [0.29, 0.717) is 25.5 Å². The fourth-order valence-corrected chi connectivity index (χ4v) is 2.39. The van der Waals surface area contributed by atoms with E-state index in [0.717, 1.165) is 10.9 Å². The van der Waals surface area contributed by atoms with Gasteiger partial charge in [0, 0.05) is 31.7 Å². The van der Waals surface area contributed by atoms with Gasteiger partial charge in [-0.3, -0.25) is 4.79 Å². The van der Waals surface area contributed by atoms with Gasteiger partial charge in [-0.25, -0.2) is 0 Å². The minimum absolute atomic E-state index is 0.0101. The first-order valence-corrected chi connectivity index (χ1v) is 7.04. The second-order valence-electron chi connectivity index (χ2n) is 5.07. The Bertz CT molecular complexity index is 561. The second-order valence-corrected chi connectivity index (χ2v) is 5.07. The number of fused-ring (bicyclic) bond motifs is 1. The number of hydrogen-bond acceptors (Lipinski definition) is 3. The van der Waals surface area contributed by atoms with Gasteiger partial charge in [0.2, 0.25) is 0 Å². The number of H-pyrrole nitrogens is 1. The maximum atomic E-state index is 12.7. The van der Waals surface area contributed by atoms with E-state index in [4.69, 9.17) is 9.47 Å². The van der Waals surface area contributed by atoms with Crippen LogP contribution in [0.1, 0.15) is 17.4 Å². The van der Waals surface area contributed by atoms with Crippen molar-refractivity contribution in [2.24, 2.45) is 0 Å². The minimum Gasteiger partial charge on any atom is -0.383 e. The van der Waals surface area contributed by atoms with Gasteiger partial charge in [-0.2, -0.15) is 0 Å². The zero-order chi connectivity index (χ0) is 15.2. The number of methoxy groups -OCH3 is 2. The summed E-state index contributed by atoms with van der Waals surface area (Å²) >= 11 is 0. The van der Waals surface area contributed by atoms with Gasteiger partial charge in [-0.15, -0.1) is 0 Å². The van der Waals surface area contributed by atoms with Gasteiger partial charge >= 0.3 is 0 Å². The maximum Gasteiger partial charge on any atom is 0.270 e. The number of aromatic nitrogens is 1. The quantitative estimate of drug-likeness (QED) is 0.851. The number of benzene rings is 1. The molecule has 1 aromatic carbocycles. The average Bonchev–Trinajstić information content (AvgIpc) is 2.91. The first-order valence-electron chi connectivity index (χ1n) is 7.04. The topological polar surface area (TPSA) is 54.6 Å². The van der Waals surface area contributed by atoms with Gasteiger partial charge in [0.15, 0.2) is 0 Å². The number of aromatic amines is 1. The highest BCUT2D eigenvalue weighted by molar-refractivity contribution is 5.98. The second kappa shape index (κ2) is 7.24. The molecule has 1 atom stereocenters. The van der Waals surface area contributed by atoms with Crippen LogP contribution in [0.3, 0.4) is 0 Å². The van der Waals surface area contributed by atoms with E-state index in [1.54, 1.807) is 19.1 Å². The summed E-state index contributed by atoms with van der Waals surface area (Å²) in [5.41, 5.74) is 1.56. The molecule has 1 amide bonds. The van der Waals surface area contributed by atoms with Crippen molar-refractivity contribution in [2.45, 2.75) is 13.0 Å². The molecule has 0 aliphatic rings. The molecule has 0 fully saturated rings. The van der Waals surface area contributed by atoms with Crippen molar-refractivity contribution in [3.63, 3.8) is 0 Å². The zero-order valence-corrected chi connectivity index (χ0v) is 12.8. The first-order chi connectivity index (χ1) is 10.2. The maximum absolute atomic E-state index is 12.7. The number of ether oxygens (including phenoxy) is 2. The predicted molar refractivity (Wildman–Crippen MR) is 82.5 cm³/mol. The molecule has 0 spiro atoms. The third-order valence-corrected chi connectivity index (χ3v) is 3.50. The Morgan fingerprint density at radius 2 is 2.05 bits per heavy atom. The smallest absolute Gasteiger partial charge is 0.270 e.